The van der Waals surface area contributed by atoms with Gasteiger partial charge in [0.1, 0.15) is 0 Å². The van der Waals surface area contributed by atoms with E-state index < -0.39 is 0 Å². The van der Waals surface area contributed by atoms with E-state index in [9.17, 15) is 0 Å². The van der Waals surface area contributed by atoms with Crippen molar-refractivity contribution in [1.29, 1.82) is 0 Å². The number of ether oxygens (including phenoxy) is 2. The molecule has 2 radical (unpaired) electrons. The lowest BCUT2D eigenvalue weighted by Crippen LogP contribution is -2.30. The van der Waals surface area contributed by atoms with E-state index in [1.807, 2.05) is 37.3 Å². The minimum absolute atomic E-state index is 0.127. The Kier molecular flexibility index (Phi) is 3.39. The Labute approximate surface area is 91.2 Å². The van der Waals surface area contributed by atoms with Crippen molar-refractivity contribution in [3.8, 4) is 0 Å². The number of hydrogen-bond acceptors (Lipinski definition) is 2. The van der Waals surface area contributed by atoms with E-state index in [0.717, 1.165) is 5.56 Å². The standard InChI is InChI=1S/C13H16O2/c1-10(2)12-8-14-13(15-9-12)11-6-4-3-5-7-11/h1,3-7,10,12-13H,8-9H2,2H3. The zero-order valence-electron chi connectivity index (χ0n) is 8.93. The molecule has 0 saturated carbocycles. The molecular weight excluding hydrogens is 188 g/mol. The van der Waals surface area contributed by atoms with Crippen molar-refractivity contribution in [2.24, 2.45) is 11.8 Å². The third kappa shape index (κ3) is 2.58. The Balaban J connectivity index is 1.94. The molecule has 2 heteroatoms. The third-order valence-corrected chi connectivity index (χ3v) is 2.74. The predicted molar refractivity (Wildman–Crippen MR) is 58.0 cm³/mol. The molecule has 1 aromatic rings. The van der Waals surface area contributed by atoms with Gasteiger partial charge >= 0.3 is 0 Å². The van der Waals surface area contributed by atoms with Crippen LogP contribution in [0.2, 0.25) is 0 Å². The lowest BCUT2D eigenvalue weighted by atomic mass is 9.97. The lowest BCUT2D eigenvalue weighted by molar-refractivity contribution is -0.209. The molecule has 0 bridgehead atoms. The Bertz CT molecular complexity index is 287. The van der Waals surface area contributed by atoms with Gasteiger partial charge in [-0.1, -0.05) is 37.3 Å². The normalized spacial score (nSPS) is 26.9. The highest BCUT2D eigenvalue weighted by Gasteiger charge is 2.25. The van der Waals surface area contributed by atoms with Gasteiger partial charge in [0.2, 0.25) is 0 Å². The molecule has 1 fully saturated rings. The third-order valence-electron chi connectivity index (χ3n) is 2.74. The summed E-state index contributed by atoms with van der Waals surface area (Å²) in [4.78, 5) is 0. The SMILES string of the molecule is [CH]C(C)C1COC(c2ccccc2)OC1. The Morgan fingerprint density at radius 3 is 2.33 bits per heavy atom. The molecule has 1 aliphatic heterocycles. The van der Waals surface area contributed by atoms with Crippen LogP contribution < -0.4 is 0 Å². The fourth-order valence-corrected chi connectivity index (χ4v) is 1.62. The van der Waals surface area contributed by atoms with Crippen LogP contribution in [-0.4, -0.2) is 13.2 Å². The van der Waals surface area contributed by atoms with E-state index >= 15 is 0 Å². The van der Waals surface area contributed by atoms with Gasteiger partial charge in [-0.15, -0.1) is 0 Å². The summed E-state index contributed by atoms with van der Waals surface area (Å²) in [6, 6.07) is 9.98. The predicted octanol–water partition coefficient (Wildman–Crippen LogP) is 2.70. The maximum absolute atomic E-state index is 5.79. The quantitative estimate of drug-likeness (QED) is 0.737. The van der Waals surface area contributed by atoms with E-state index in [0.29, 0.717) is 19.1 Å². The Morgan fingerprint density at radius 1 is 1.20 bits per heavy atom. The van der Waals surface area contributed by atoms with Crippen LogP contribution in [-0.2, 0) is 9.47 Å². The highest BCUT2D eigenvalue weighted by Crippen LogP contribution is 2.27. The van der Waals surface area contributed by atoms with Crippen LogP contribution in [0.15, 0.2) is 30.3 Å². The van der Waals surface area contributed by atoms with Crippen molar-refractivity contribution in [3.63, 3.8) is 0 Å². The molecule has 0 aromatic heterocycles. The van der Waals surface area contributed by atoms with Gasteiger partial charge in [0.05, 0.1) is 13.2 Å². The first-order valence-electron chi connectivity index (χ1n) is 5.31. The summed E-state index contributed by atoms with van der Waals surface area (Å²) in [5.41, 5.74) is 1.07. The fraction of sp³-hybridized carbons (Fsp3) is 0.462. The number of benzene rings is 1. The maximum Gasteiger partial charge on any atom is 0.183 e. The van der Waals surface area contributed by atoms with Gasteiger partial charge < -0.3 is 9.47 Å². The van der Waals surface area contributed by atoms with Crippen LogP contribution in [0.5, 0.6) is 0 Å². The molecule has 1 aromatic carbocycles. The largest absolute Gasteiger partial charge is 0.348 e. The van der Waals surface area contributed by atoms with Crippen LogP contribution >= 0.6 is 0 Å². The summed E-state index contributed by atoms with van der Waals surface area (Å²) >= 11 is 0. The zero-order chi connectivity index (χ0) is 10.7. The van der Waals surface area contributed by atoms with E-state index in [-0.39, 0.29) is 12.2 Å². The topological polar surface area (TPSA) is 18.5 Å². The van der Waals surface area contributed by atoms with E-state index in [1.165, 1.54) is 0 Å². The average molecular weight is 204 g/mol. The summed E-state index contributed by atoms with van der Waals surface area (Å²) in [5.74, 6) is 0.437. The molecule has 80 valence electrons. The van der Waals surface area contributed by atoms with E-state index in [2.05, 4.69) is 0 Å². The molecule has 0 spiro atoms. The summed E-state index contributed by atoms with van der Waals surface area (Å²) in [6.45, 7) is 9.13. The van der Waals surface area contributed by atoms with Crippen molar-refractivity contribution >= 4 is 0 Å². The van der Waals surface area contributed by atoms with Gasteiger partial charge in [-0.2, -0.15) is 0 Å². The molecule has 15 heavy (non-hydrogen) atoms. The van der Waals surface area contributed by atoms with Crippen LogP contribution in [0.3, 0.4) is 0 Å². The number of hydrogen-bond donors (Lipinski definition) is 0. The van der Waals surface area contributed by atoms with Crippen molar-refractivity contribution in [3.05, 3.63) is 42.8 Å². The Morgan fingerprint density at radius 2 is 1.80 bits per heavy atom. The molecule has 1 unspecified atom stereocenters. The first-order chi connectivity index (χ1) is 7.27. The van der Waals surface area contributed by atoms with Gasteiger partial charge in [0.25, 0.3) is 0 Å². The molecule has 0 N–H and O–H groups in total. The van der Waals surface area contributed by atoms with Gasteiger partial charge in [0.15, 0.2) is 6.29 Å². The highest BCUT2D eigenvalue weighted by atomic mass is 16.7. The molecule has 2 nitrogen and oxygen atoms in total. The van der Waals surface area contributed by atoms with Gasteiger partial charge in [-0.05, 0) is 12.8 Å². The van der Waals surface area contributed by atoms with Crippen LogP contribution in [0.1, 0.15) is 18.8 Å². The second-order valence-electron chi connectivity index (χ2n) is 4.03. The molecule has 2 rings (SSSR count). The molecular formula is C13H16O2. The minimum Gasteiger partial charge on any atom is -0.348 e. The monoisotopic (exact) mass is 204 g/mol. The van der Waals surface area contributed by atoms with Crippen molar-refractivity contribution < 1.29 is 9.47 Å². The van der Waals surface area contributed by atoms with Crippen molar-refractivity contribution in [1.82, 2.24) is 0 Å². The molecule has 1 aliphatic rings. The smallest absolute Gasteiger partial charge is 0.183 e. The summed E-state index contributed by atoms with van der Waals surface area (Å²) in [7, 11) is 0. The Hall–Kier alpha value is -0.860. The highest BCUT2D eigenvalue weighted by molar-refractivity contribution is 5.16. The molecule has 0 aliphatic carbocycles. The zero-order valence-corrected chi connectivity index (χ0v) is 8.93. The lowest BCUT2D eigenvalue weighted by Gasteiger charge is -2.31. The van der Waals surface area contributed by atoms with Gasteiger partial charge in [-0.25, -0.2) is 0 Å². The summed E-state index contributed by atoms with van der Waals surface area (Å²) in [6.07, 6.45) is -0.221. The van der Waals surface area contributed by atoms with Crippen molar-refractivity contribution in [2.75, 3.05) is 13.2 Å². The molecule has 1 atom stereocenters. The van der Waals surface area contributed by atoms with Gasteiger partial charge in [0, 0.05) is 11.5 Å². The van der Waals surface area contributed by atoms with E-state index in [1.54, 1.807) is 0 Å². The van der Waals surface area contributed by atoms with Crippen LogP contribution in [0.4, 0.5) is 0 Å². The molecule has 0 amide bonds. The second-order valence-corrected chi connectivity index (χ2v) is 4.03. The number of rotatable bonds is 2. The summed E-state index contributed by atoms with van der Waals surface area (Å²) in [5, 5.41) is 0. The van der Waals surface area contributed by atoms with Crippen molar-refractivity contribution in [2.45, 2.75) is 13.2 Å². The minimum atomic E-state index is -0.221. The second kappa shape index (κ2) is 4.77. The average Bonchev–Trinajstić information content (AvgIpc) is 2.30. The first-order valence-corrected chi connectivity index (χ1v) is 5.31. The maximum atomic E-state index is 5.79. The van der Waals surface area contributed by atoms with Crippen LogP contribution in [0, 0.1) is 18.8 Å². The van der Waals surface area contributed by atoms with Crippen LogP contribution in [0.25, 0.3) is 0 Å². The van der Waals surface area contributed by atoms with Gasteiger partial charge in [-0.3, -0.25) is 0 Å². The fourth-order valence-electron chi connectivity index (χ4n) is 1.62. The summed E-state index contributed by atoms with van der Waals surface area (Å²) < 4.78 is 11.3. The molecule has 1 saturated heterocycles. The molecule has 1 heterocycles. The van der Waals surface area contributed by atoms with E-state index in [4.69, 9.17) is 16.4 Å². The first kappa shape index (κ1) is 10.7.